The summed E-state index contributed by atoms with van der Waals surface area (Å²) in [6, 6.07) is 1.80. The van der Waals surface area contributed by atoms with Crippen molar-refractivity contribution in [2.75, 3.05) is 0 Å². The molecule has 2 rings (SSSR count). The maximum atomic E-state index is 12.9. The Morgan fingerprint density at radius 1 is 1.14 bits per heavy atom. The maximum absolute atomic E-state index is 12.9. The first-order valence-electron chi connectivity index (χ1n) is 5.41. The zero-order chi connectivity index (χ0) is 16.7. The largest absolute Gasteiger partial charge is 0.435 e. The topological polar surface area (TPSA) is 47.8 Å². The normalized spacial score (nSPS) is 12.5. The van der Waals surface area contributed by atoms with Gasteiger partial charge in [0.15, 0.2) is 11.5 Å². The van der Waals surface area contributed by atoms with E-state index < -0.39 is 40.4 Å². The van der Waals surface area contributed by atoms with Crippen LogP contribution in [0.4, 0.5) is 26.3 Å². The van der Waals surface area contributed by atoms with Crippen molar-refractivity contribution in [3.05, 3.63) is 41.3 Å². The lowest BCUT2D eigenvalue weighted by molar-refractivity contribution is -0.141. The van der Waals surface area contributed by atoms with E-state index in [1.54, 1.807) is 0 Å². The number of carbonyl (C=O) groups excluding carboxylic acids is 1. The van der Waals surface area contributed by atoms with E-state index in [0.717, 1.165) is 12.3 Å². The van der Waals surface area contributed by atoms with Gasteiger partial charge < -0.3 is 0 Å². The number of nitrogens with zero attached hydrogens (tertiary/aromatic N) is 3. The quantitative estimate of drug-likeness (QED) is 0.617. The Kier molecular flexibility index (Phi) is 3.90. The first-order valence-corrected chi connectivity index (χ1v) is 5.79. The molecule has 2 heterocycles. The van der Waals surface area contributed by atoms with Gasteiger partial charge in [-0.15, -0.1) is 0 Å². The number of pyridine rings is 1. The first-order chi connectivity index (χ1) is 10.0. The highest BCUT2D eigenvalue weighted by molar-refractivity contribution is 6.67. The summed E-state index contributed by atoms with van der Waals surface area (Å²) in [4.78, 5) is 14.5. The van der Waals surface area contributed by atoms with E-state index in [1.807, 2.05) is 0 Å². The summed E-state index contributed by atoms with van der Waals surface area (Å²) in [7, 11) is 0. The minimum absolute atomic E-state index is 0.126. The zero-order valence-corrected chi connectivity index (χ0v) is 11.0. The number of aromatic nitrogens is 3. The van der Waals surface area contributed by atoms with Crippen molar-refractivity contribution < 1.29 is 31.1 Å². The van der Waals surface area contributed by atoms with Gasteiger partial charge in [0.05, 0.1) is 0 Å². The molecule has 0 N–H and O–H groups in total. The third kappa shape index (κ3) is 3.06. The van der Waals surface area contributed by atoms with Crippen LogP contribution < -0.4 is 0 Å². The van der Waals surface area contributed by atoms with Crippen LogP contribution in [0.25, 0.3) is 5.82 Å². The van der Waals surface area contributed by atoms with Crippen molar-refractivity contribution in [2.45, 2.75) is 12.4 Å². The average molecular weight is 344 g/mol. The third-order valence-electron chi connectivity index (χ3n) is 2.49. The molecule has 0 aliphatic carbocycles. The minimum Gasteiger partial charge on any atom is -0.274 e. The molecule has 2 aromatic heterocycles. The molecule has 0 saturated carbocycles. The Labute approximate surface area is 123 Å². The lowest BCUT2D eigenvalue weighted by Crippen LogP contribution is -2.16. The number of carbonyl (C=O) groups is 1. The number of hydrogen-bond donors (Lipinski definition) is 0. The predicted molar refractivity (Wildman–Crippen MR) is 61.5 cm³/mol. The second kappa shape index (κ2) is 5.27. The number of hydrogen-bond acceptors (Lipinski definition) is 3. The number of halogens is 7. The molecular formula is C11H4ClF6N3O. The lowest BCUT2D eigenvalue weighted by atomic mass is 10.2. The predicted octanol–water partition coefficient (Wildman–Crippen LogP) is 3.68. The number of rotatable bonds is 2. The van der Waals surface area contributed by atoms with Gasteiger partial charge in [0, 0.05) is 12.3 Å². The first kappa shape index (κ1) is 16.3. The molecule has 118 valence electrons. The zero-order valence-electron chi connectivity index (χ0n) is 10.2. The Balaban J connectivity index is 2.73. The van der Waals surface area contributed by atoms with Crippen LogP contribution in [-0.2, 0) is 12.4 Å². The molecule has 0 aliphatic heterocycles. The highest BCUT2D eigenvalue weighted by Crippen LogP contribution is 2.35. The van der Waals surface area contributed by atoms with Crippen molar-refractivity contribution in [1.29, 1.82) is 0 Å². The maximum Gasteiger partial charge on any atom is 0.435 e. The minimum atomic E-state index is -4.96. The van der Waals surface area contributed by atoms with Crippen LogP contribution in [0.5, 0.6) is 0 Å². The lowest BCUT2D eigenvalue weighted by Gasteiger charge is -2.12. The molecular weight excluding hydrogens is 340 g/mol. The van der Waals surface area contributed by atoms with E-state index >= 15 is 0 Å². The van der Waals surface area contributed by atoms with Gasteiger partial charge in [-0.1, -0.05) is 0 Å². The summed E-state index contributed by atoms with van der Waals surface area (Å²) in [5.74, 6) is -0.977. The third-order valence-corrected chi connectivity index (χ3v) is 2.69. The van der Waals surface area contributed by atoms with Gasteiger partial charge in [0.25, 0.3) is 5.24 Å². The molecule has 11 heteroatoms. The summed E-state index contributed by atoms with van der Waals surface area (Å²) in [5.41, 5.74) is -3.79. The van der Waals surface area contributed by atoms with E-state index in [2.05, 4.69) is 10.1 Å². The monoisotopic (exact) mass is 343 g/mol. The SMILES string of the molecule is O=C(Cl)c1cc(C(F)(F)F)nn1-c1ncccc1C(F)(F)F. The summed E-state index contributed by atoms with van der Waals surface area (Å²) >= 11 is 5.11. The van der Waals surface area contributed by atoms with Gasteiger partial charge in [-0.05, 0) is 23.7 Å². The van der Waals surface area contributed by atoms with Crippen molar-refractivity contribution in [1.82, 2.24) is 14.8 Å². The fraction of sp³-hybridized carbons (Fsp3) is 0.182. The van der Waals surface area contributed by atoms with Gasteiger partial charge in [0.1, 0.15) is 11.3 Å². The Hall–Kier alpha value is -2.10. The summed E-state index contributed by atoms with van der Waals surface area (Å²) in [6.45, 7) is 0. The van der Waals surface area contributed by atoms with Gasteiger partial charge in [-0.2, -0.15) is 31.4 Å². The summed E-state index contributed by atoms with van der Waals surface area (Å²) in [5, 5.41) is 1.57. The molecule has 2 aromatic rings. The van der Waals surface area contributed by atoms with Crippen molar-refractivity contribution in [2.24, 2.45) is 0 Å². The van der Waals surface area contributed by atoms with Crippen molar-refractivity contribution >= 4 is 16.8 Å². The summed E-state index contributed by atoms with van der Waals surface area (Å²) < 4.78 is 76.7. The Morgan fingerprint density at radius 2 is 1.77 bits per heavy atom. The van der Waals surface area contributed by atoms with Crippen molar-refractivity contribution in [3.8, 4) is 5.82 Å². The van der Waals surface area contributed by atoms with Gasteiger partial charge >= 0.3 is 12.4 Å². The molecule has 0 aromatic carbocycles. The van der Waals surface area contributed by atoms with E-state index in [4.69, 9.17) is 11.6 Å². The van der Waals surface area contributed by atoms with Crippen LogP contribution in [-0.4, -0.2) is 20.0 Å². The Bertz CT molecular complexity index is 721. The van der Waals surface area contributed by atoms with Gasteiger partial charge in [-0.3, -0.25) is 4.79 Å². The second-order valence-corrected chi connectivity index (χ2v) is 4.31. The highest BCUT2D eigenvalue weighted by atomic mass is 35.5. The van der Waals surface area contributed by atoms with Crippen LogP contribution in [0, 0.1) is 0 Å². The molecule has 0 aliphatic rings. The molecule has 0 atom stereocenters. The molecule has 0 spiro atoms. The van der Waals surface area contributed by atoms with Gasteiger partial charge in [0.2, 0.25) is 0 Å². The van der Waals surface area contributed by atoms with Crippen molar-refractivity contribution in [3.63, 3.8) is 0 Å². The standard InChI is InChI=1S/C11H4ClF6N3O/c12-8(22)6-4-7(11(16,17)18)20-21(6)9-5(10(13,14)15)2-1-3-19-9/h1-4H. The smallest absolute Gasteiger partial charge is 0.274 e. The fourth-order valence-corrected chi connectivity index (χ4v) is 1.74. The van der Waals surface area contributed by atoms with Crippen LogP contribution >= 0.6 is 11.6 Å². The molecule has 4 nitrogen and oxygen atoms in total. The molecule has 0 saturated heterocycles. The van der Waals surface area contributed by atoms with Crippen LogP contribution in [0.1, 0.15) is 21.7 Å². The van der Waals surface area contributed by atoms with E-state index in [1.165, 1.54) is 0 Å². The number of alkyl halides is 6. The van der Waals surface area contributed by atoms with E-state index in [0.29, 0.717) is 6.07 Å². The molecule has 0 radical (unpaired) electrons. The Morgan fingerprint density at radius 3 is 2.27 bits per heavy atom. The molecule has 0 fully saturated rings. The molecule has 0 amide bonds. The van der Waals surface area contributed by atoms with Crippen LogP contribution in [0.3, 0.4) is 0 Å². The van der Waals surface area contributed by atoms with Crippen LogP contribution in [0.15, 0.2) is 24.4 Å². The van der Waals surface area contributed by atoms with Gasteiger partial charge in [-0.25, -0.2) is 9.67 Å². The summed E-state index contributed by atoms with van der Waals surface area (Å²) in [6.07, 6.45) is -8.94. The highest BCUT2D eigenvalue weighted by Gasteiger charge is 2.39. The molecule has 0 bridgehead atoms. The molecule has 0 unspecified atom stereocenters. The second-order valence-electron chi connectivity index (χ2n) is 3.97. The van der Waals surface area contributed by atoms with E-state index in [9.17, 15) is 31.1 Å². The fourth-order valence-electron chi connectivity index (χ4n) is 1.61. The van der Waals surface area contributed by atoms with E-state index in [-0.39, 0.29) is 10.7 Å². The van der Waals surface area contributed by atoms with Crippen LogP contribution in [0.2, 0.25) is 0 Å². The average Bonchev–Trinajstić information content (AvgIpc) is 2.82. The molecule has 22 heavy (non-hydrogen) atoms.